The summed E-state index contributed by atoms with van der Waals surface area (Å²) in [7, 11) is 0. The molecule has 0 saturated carbocycles. The standard InChI is InChI=1S/C22H17FN4O.C2H6/c1-14-10-17(12-24)11-15(2)20(14)28-21-19-18(25-22(23)26-21)8-9-27(19)13-16-6-4-3-5-7-16;1-2/h3-11H,13H2,1-2H3;1-2H3. The van der Waals surface area contributed by atoms with E-state index in [9.17, 15) is 4.39 Å². The van der Waals surface area contributed by atoms with Gasteiger partial charge in [-0.2, -0.15) is 14.6 Å². The fraction of sp³-hybridized carbons (Fsp3) is 0.208. The lowest BCUT2D eigenvalue weighted by molar-refractivity contribution is 0.435. The lowest BCUT2D eigenvalue weighted by Gasteiger charge is -2.14. The van der Waals surface area contributed by atoms with E-state index in [0.717, 1.165) is 16.7 Å². The second-order valence-electron chi connectivity index (χ2n) is 6.61. The minimum Gasteiger partial charge on any atom is -0.436 e. The van der Waals surface area contributed by atoms with Gasteiger partial charge in [0.05, 0.1) is 17.1 Å². The molecule has 0 spiro atoms. The number of benzene rings is 2. The first-order chi connectivity index (χ1) is 14.5. The number of rotatable bonds is 4. The molecule has 0 N–H and O–H groups in total. The van der Waals surface area contributed by atoms with E-state index >= 15 is 0 Å². The van der Waals surface area contributed by atoms with Crippen LogP contribution in [0.4, 0.5) is 4.39 Å². The van der Waals surface area contributed by atoms with Crippen LogP contribution in [-0.4, -0.2) is 14.5 Å². The first-order valence-corrected chi connectivity index (χ1v) is 9.80. The van der Waals surface area contributed by atoms with Crippen LogP contribution in [0.25, 0.3) is 11.0 Å². The third-order valence-electron chi connectivity index (χ3n) is 4.54. The summed E-state index contributed by atoms with van der Waals surface area (Å²) < 4.78 is 22.0. The zero-order chi connectivity index (χ0) is 21.7. The molecule has 4 aromatic rings. The molecule has 0 atom stereocenters. The molecular formula is C24H23FN4O. The van der Waals surface area contributed by atoms with Gasteiger partial charge >= 0.3 is 6.08 Å². The van der Waals surface area contributed by atoms with Gasteiger partial charge in [-0.15, -0.1) is 0 Å². The zero-order valence-corrected chi connectivity index (χ0v) is 17.5. The minimum absolute atomic E-state index is 0.152. The highest BCUT2D eigenvalue weighted by atomic mass is 19.1. The molecule has 0 aliphatic heterocycles. The quantitative estimate of drug-likeness (QED) is 0.397. The summed E-state index contributed by atoms with van der Waals surface area (Å²) >= 11 is 0. The van der Waals surface area contributed by atoms with Gasteiger partial charge in [0, 0.05) is 12.7 Å². The lowest BCUT2D eigenvalue weighted by Crippen LogP contribution is -2.03. The second kappa shape index (κ2) is 9.19. The van der Waals surface area contributed by atoms with Crippen molar-refractivity contribution >= 4 is 11.0 Å². The number of ether oxygens (including phenoxy) is 1. The van der Waals surface area contributed by atoms with Gasteiger partial charge in [0.2, 0.25) is 5.88 Å². The van der Waals surface area contributed by atoms with Gasteiger partial charge in [0.15, 0.2) is 0 Å². The van der Waals surface area contributed by atoms with E-state index in [-0.39, 0.29) is 5.88 Å². The highest BCUT2D eigenvalue weighted by Gasteiger charge is 2.17. The summed E-state index contributed by atoms with van der Waals surface area (Å²) in [6.07, 6.45) is 1.00. The molecule has 0 fully saturated rings. The molecule has 0 aliphatic rings. The molecule has 0 aliphatic carbocycles. The van der Waals surface area contributed by atoms with E-state index in [2.05, 4.69) is 16.0 Å². The van der Waals surface area contributed by atoms with Crippen LogP contribution in [0.3, 0.4) is 0 Å². The Morgan fingerprint density at radius 3 is 2.33 bits per heavy atom. The number of fused-ring (bicyclic) bond motifs is 1. The van der Waals surface area contributed by atoms with Gasteiger partial charge in [-0.1, -0.05) is 44.2 Å². The summed E-state index contributed by atoms with van der Waals surface area (Å²) in [6, 6.07) is 17.3. The van der Waals surface area contributed by atoms with E-state index in [1.807, 2.05) is 68.8 Å². The molecule has 0 saturated heterocycles. The summed E-state index contributed by atoms with van der Waals surface area (Å²) in [5, 5.41) is 9.13. The molecule has 2 aromatic carbocycles. The van der Waals surface area contributed by atoms with Crippen molar-refractivity contribution in [1.29, 1.82) is 5.26 Å². The number of nitriles is 1. The van der Waals surface area contributed by atoms with Crippen LogP contribution in [0.2, 0.25) is 0 Å². The van der Waals surface area contributed by atoms with Crippen molar-refractivity contribution in [3.63, 3.8) is 0 Å². The highest BCUT2D eigenvalue weighted by molar-refractivity contribution is 5.81. The van der Waals surface area contributed by atoms with E-state index < -0.39 is 6.08 Å². The third kappa shape index (κ3) is 4.31. The van der Waals surface area contributed by atoms with Gasteiger partial charge in [0.1, 0.15) is 11.3 Å². The van der Waals surface area contributed by atoms with Gasteiger partial charge < -0.3 is 9.30 Å². The Labute approximate surface area is 175 Å². The van der Waals surface area contributed by atoms with Crippen molar-refractivity contribution in [2.75, 3.05) is 0 Å². The van der Waals surface area contributed by atoms with Crippen molar-refractivity contribution in [2.45, 2.75) is 34.2 Å². The van der Waals surface area contributed by atoms with E-state index in [0.29, 0.717) is 28.9 Å². The van der Waals surface area contributed by atoms with Crippen LogP contribution in [0, 0.1) is 31.3 Å². The Bertz CT molecular complexity index is 1190. The monoisotopic (exact) mass is 402 g/mol. The molecule has 0 bridgehead atoms. The van der Waals surface area contributed by atoms with Crippen molar-refractivity contribution in [3.8, 4) is 17.7 Å². The van der Waals surface area contributed by atoms with Crippen LogP contribution in [0.5, 0.6) is 11.6 Å². The zero-order valence-electron chi connectivity index (χ0n) is 17.5. The minimum atomic E-state index is -0.844. The van der Waals surface area contributed by atoms with Crippen LogP contribution in [-0.2, 0) is 6.54 Å². The number of aryl methyl sites for hydroxylation is 2. The predicted molar refractivity (Wildman–Crippen MR) is 115 cm³/mol. The van der Waals surface area contributed by atoms with Crippen LogP contribution in [0.1, 0.15) is 36.1 Å². The van der Waals surface area contributed by atoms with Gasteiger partial charge in [-0.3, -0.25) is 0 Å². The average molecular weight is 402 g/mol. The van der Waals surface area contributed by atoms with Gasteiger partial charge in [-0.25, -0.2) is 4.98 Å². The normalized spacial score (nSPS) is 10.3. The largest absolute Gasteiger partial charge is 0.436 e. The first-order valence-electron chi connectivity index (χ1n) is 9.80. The predicted octanol–water partition coefficient (Wildman–Crippen LogP) is 5.93. The maximum atomic E-state index is 14.0. The molecule has 5 nitrogen and oxygen atoms in total. The first kappa shape index (κ1) is 21.0. The Balaban J connectivity index is 0.00000124. The molecule has 0 amide bonds. The van der Waals surface area contributed by atoms with Crippen LogP contribution in [0.15, 0.2) is 54.7 Å². The number of halogens is 1. The maximum absolute atomic E-state index is 14.0. The smallest absolute Gasteiger partial charge is 0.312 e. The fourth-order valence-electron chi connectivity index (χ4n) is 3.30. The molecular weight excluding hydrogens is 379 g/mol. The molecule has 2 heterocycles. The second-order valence-corrected chi connectivity index (χ2v) is 6.61. The molecule has 2 aromatic heterocycles. The Hall–Kier alpha value is -3.72. The maximum Gasteiger partial charge on any atom is 0.312 e. The Kier molecular flexibility index (Phi) is 6.43. The van der Waals surface area contributed by atoms with Crippen molar-refractivity contribution in [2.24, 2.45) is 0 Å². The van der Waals surface area contributed by atoms with Crippen molar-refractivity contribution < 1.29 is 9.13 Å². The van der Waals surface area contributed by atoms with Crippen molar-refractivity contribution in [1.82, 2.24) is 14.5 Å². The molecule has 6 heteroatoms. The highest BCUT2D eigenvalue weighted by Crippen LogP contribution is 2.33. The topological polar surface area (TPSA) is 63.7 Å². The van der Waals surface area contributed by atoms with Crippen molar-refractivity contribution in [3.05, 3.63) is 83.1 Å². The van der Waals surface area contributed by atoms with E-state index in [1.165, 1.54) is 0 Å². The van der Waals surface area contributed by atoms with E-state index in [1.54, 1.807) is 18.2 Å². The van der Waals surface area contributed by atoms with Gasteiger partial charge in [0.25, 0.3) is 0 Å². The molecule has 0 unspecified atom stereocenters. The fourth-order valence-corrected chi connectivity index (χ4v) is 3.30. The molecule has 152 valence electrons. The Morgan fingerprint density at radius 2 is 1.70 bits per heavy atom. The lowest BCUT2D eigenvalue weighted by atomic mass is 10.1. The van der Waals surface area contributed by atoms with Crippen LogP contribution >= 0.6 is 0 Å². The number of aromatic nitrogens is 3. The number of nitrogens with zero attached hydrogens (tertiary/aromatic N) is 4. The number of hydrogen-bond donors (Lipinski definition) is 0. The SMILES string of the molecule is CC.Cc1cc(C#N)cc(C)c1Oc1nc(F)nc2ccn(Cc3ccccc3)c12. The summed E-state index contributed by atoms with van der Waals surface area (Å²) in [5.41, 5.74) is 4.31. The average Bonchev–Trinajstić information content (AvgIpc) is 3.15. The molecule has 0 radical (unpaired) electrons. The Morgan fingerprint density at radius 1 is 1.03 bits per heavy atom. The van der Waals surface area contributed by atoms with Gasteiger partial charge in [-0.05, 0) is 48.7 Å². The third-order valence-corrected chi connectivity index (χ3v) is 4.54. The summed E-state index contributed by atoms with van der Waals surface area (Å²) in [5.74, 6) is 0.713. The molecule has 4 rings (SSSR count). The summed E-state index contributed by atoms with van der Waals surface area (Å²) in [4.78, 5) is 7.80. The van der Waals surface area contributed by atoms with E-state index in [4.69, 9.17) is 10.00 Å². The summed E-state index contributed by atoms with van der Waals surface area (Å²) in [6.45, 7) is 8.28. The number of hydrogen-bond acceptors (Lipinski definition) is 4. The molecule has 30 heavy (non-hydrogen) atoms. The van der Waals surface area contributed by atoms with Crippen LogP contribution < -0.4 is 4.74 Å².